The summed E-state index contributed by atoms with van der Waals surface area (Å²) < 4.78 is 0. The second-order valence-corrected chi connectivity index (χ2v) is 6.06. The highest BCUT2D eigenvalue weighted by Gasteiger charge is 2.32. The molecule has 1 N–H and O–H groups in total. The van der Waals surface area contributed by atoms with Gasteiger partial charge in [-0.3, -0.25) is 15.1 Å². The van der Waals surface area contributed by atoms with Gasteiger partial charge in [-0.15, -0.1) is 0 Å². The minimum absolute atomic E-state index is 0.0972. The average molecular weight is 300 g/mol. The fourth-order valence-corrected chi connectivity index (χ4v) is 2.96. The Morgan fingerprint density at radius 3 is 2.77 bits per heavy atom. The van der Waals surface area contributed by atoms with Gasteiger partial charge in [-0.25, -0.2) is 0 Å². The molecule has 0 amide bonds. The standard InChI is InChI=1S/C16H20N4O2/c1-19(2)16(11-3-4-11)10-18-14-5-6-15(20(21)22)13-9-17-8-7-12(13)14/h5-9,11,16,18H,3-4,10H2,1-2H3. The van der Waals surface area contributed by atoms with Gasteiger partial charge < -0.3 is 10.2 Å². The van der Waals surface area contributed by atoms with Crippen molar-refractivity contribution in [1.82, 2.24) is 9.88 Å². The molecule has 1 aliphatic carbocycles. The van der Waals surface area contributed by atoms with Crippen LogP contribution in [-0.4, -0.2) is 41.5 Å². The van der Waals surface area contributed by atoms with Crippen LogP contribution in [0.5, 0.6) is 0 Å². The van der Waals surface area contributed by atoms with Gasteiger partial charge in [-0.1, -0.05) is 0 Å². The van der Waals surface area contributed by atoms with Gasteiger partial charge in [0, 0.05) is 42.1 Å². The van der Waals surface area contributed by atoms with Crippen molar-refractivity contribution < 1.29 is 4.92 Å². The zero-order chi connectivity index (χ0) is 15.7. The first-order valence-electron chi connectivity index (χ1n) is 7.49. The van der Waals surface area contributed by atoms with Crippen LogP contribution in [0.1, 0.15) is 12.8 Å². The van der Waals surface area contributed by atoms with Crippen LogP contribution in [0.3, 0.4) is 0 Å². The van der Waals surface area contributed by atoms with Gasteiger partial charge in [-0.2, -0.15) is 0 Å². The van der Waals surface area contributed by atoms with Crippen molar-refractivity contribution >= 4 is 22.1 Å². The molecular formula is C16H20N4O2. The lowest BCUT2D eigenvalue weighted by Crippen LogP contribution is -2.36. The smallest absolute Gasteiger partial charge is 0.278 e. The number of fused-ring (bicyclic) bond motifs is 1. The molecule has 1 aliphatic rings. The van der Waals surface area contributed by atoms with Crippen LogP contribution < -0.4 is 5.32 Å². The summed E-state index contributed by atoms with van der Waals surface area (Å²) in [4.78, 5) is 17.0. The fourth-order valence-electron chi connectivity index (χ4n) is 2.96. The van der Waals surface area contributed by atoms with Gasteiger partial charge in [0.2, 0.25) is 0 Å². The molecule has 0 saturated heterocycles. The first kappa shape index (κ1) is 14.7. The molecule has 22 heavy (non-hydrogen) atoms. The summed E-state index contributed by atoms with van der Waals surface area (Å²) in [6, 6.07) is 5.66. The number of nitrogens with one attached hydrogen (secondary N) is 1. The molecule has 3 rings (SSSR count). The molecule has 1 heterocycles. The third-order valence-electron chi connectivity index (χ3n) is 4.32. The molecule has 1 aromatic heterocycles. The minimum atomic E-state index is -0.361. The summed E-state index contributed by atoms with van der Waals surface area (Å²) in [5.41, 5.74) is 1.02. The molecule has 1 atom stereocenters. The summed E-state index contributed by atoms with van der Waals surface area (Å²) in [7, 11) is 4.20. The molecule has 2 aromatic rings. The molecule has 0 bridgehead atoms. The average Bonchev–Trinajstić information content (AvgIpc) is 3.31. The number of non-ortho nitro benzene ring substituents is 1. The summed E-state index contributed by atoms with van der Waals surface area (Å²) in [6.45, 7) is 0.840. The Bertz CT molecular complexity index is 696. The third kappa shape index (κ3) is 2.87. The third-order valence-corrected chi connectivity index (χ3v) is 4.32. The van der Waals surface area contributed by atoms with E-state index in [0.717, 1.165) is 23.5 Å². The van der Waals surface area contributed by atoms with Crippen molar-refractivity contribution in [3.05, 3.63) is 40.7 Å². The molecule has 0 radical (unpaired) electrons. The van der Waals surface area contributed by atoms with Gasteiger partial charge in [0.05, 0.1) is 10.3 Å². The van der Waals surface area contributed by atoms with E-state index in [1.807, 2.05) is 6.07 Å². The maximum atomic E-state index is 11.1. The van der Waals surface area contributed by atoms with Gasteiger partial charge in [0.1, 0.15) is 0 Å². The van der Waals surface area contributed by atoms with E-state index in [9.17, 15) is 10.1 Å². The molecule has 0 spiro atoms. The molecule has 1 saturated carbocycles. The lowest BCUT2D eigenvalue weighted by Gasteiger charge is -2.25. The number of anilines is 1. The Hall–Kier alpha value is -2.21. The summed E-state index contributed by atoms with van der Waals surface area (Å²) in [5, 5.41) is 16.0. The van der Waals surface area contributed by atoms with Crippen molar-refractivity contribution in [3.8, 4) is 0 Å². The minimum Gasteiger partial charge on any atom is -0.383 e. The quantitative estimate of drug-likeness (QED) is 0.656. The van der Waals surface area contributed by atoms with Gasteiger partial charge in [0.15, 0.2) is 0 Å². The van der Waals surface area contributed by atoms with Crippen LogP contribution >= 0.6 is 0 Å². The lowest BCUT2D eigenvalue weighted by molar-refractivity contribution is -0.383. The highest BCUT2D eigenvalue weighted by molar-refractivity contribution is 5.99. The largest absolute Gasteiger partial charge is 0.383 e. The Kier molecular flexibility index (Phi) is 3.94. The van der Waals surface area contributed by atoms with E-state index in [-0.39, 0.29) is 10.6 Å². The van der Waals surface area contributed by atoms with E-state index in [0.29, 0.717) is 11.4 Å². The topological polar surface area (TPSA) is 71.3 Å². The summed E-state index contributed by atoms with van der Waals surface area (Å²) >= 11 is 0. The molecule has 116 valence electrons. The number of hydrogen-bond acceptors (Lipinski definition) is 5. The number of likely N-dealkylation sites (N-methyl/N-ethyl adjacent to an activating group) is 1. The number of rotatable bonds is 6. The fraction of sp³-hybridized carbons (Fsp3) is 0.438. The van der Waals surface area contributed by atoms with E-state index in [1.54, 1.807) is 24.5 Å². The van der Waals surface area contributed by atoms with Crippen molar-refractivity contribution in [2.75, 3.05) is 26.0 Å². The summed E-state index contributed by atoms with van der Waals surface area (Å²) in [5.74, 6) is 0.758. The van der Waals surface area contributed by atoms with Gasteiger partial charge in [-0.05, 0) is 45.0 Å². The molecule has 0 aliphatic heterocycles. The van der Waals surface area contributed by atoms with Crippen LogP contribution in [-0.2, 0) is 0 Å². The number of aromatic nitrogens is 1. The first-order valence-corrected chi connectivity index (χ1v) is 7.49. The lowest BCUT2D eigenvalue weighted by atomic mass is 10.1. The monoisotopic (exact) mass is 300 g/mol. The van der Waals surface area contributed by atoms with Crippen LogP contribution in [0.15, 0.2) is 30.6 Å². The number of pyridine rings is 1. The highest BCUT2D eigenvalue weighted by atomic mass is 16.6. The normalized spacial score (nSPS) is 16.0. The van der Waals surface area contributed by atoms with Crippen LogP contribution in [0, 0.1) is 16.0 Å². The zero-order valence-corrected chi connectivity index (χ0v) is 12.8. The van der Waals surface area contributed by atoms with E-state index in [2.05, 4.69) is 29.3 Å². The Balaban J connectivity index is 1.88. The zero-order valence-electron chi connectivity index (χ0n) is 12.8. The number of nitrogens with zero attached hydrogens (tertiary/aromatic N) is 3. The summed E-state index contributed by atoms with van der Waals surface area (Å²) in [6.07, 6.45) is 5.80. The van der Waals surface area contributed by atoms with Crippen LogP contribution in [0.2, 0.25) is 0 Å². The van der Waals surface area contributed by atoms with Crippen molar-refractivity contribution in [2.24, 2.45) is 5.92 Å². The number of nitro groups is 1. The van der Waals surface area contributed by atoms with E-state index >= 15 is 0 Å². The first-order chi connectivity index (χ1) is 10.6. The van der Waals surface area contributed by atoms with Gasteiger partial charge in [0.25, 0.3) is 5.69 Å². The molecule has 6 nitrogen and oxygen atoms in total. The van der Waals surface area contributed by atoms with Crippen molar-refractivity contribution in [1.29, 1.82) is 0 Å². The molecule has 6 heteroatoms. The molecular weight excluding hydrogens is 280 g/mol. The molecule has 1 unspecified atom stereocenters. The SMILES string of the molecule is CN(C)C(CNc1ccc([N+](=O)[O-])c2cnccc12)C1CC1. The van der Waals surface area contributed by atoms with Crippen LogP contribution in [0.4, 0.5) is 11.4 Å². The Morgan fingerprint density at radius 1 is 1.36 bits per heavy atom. The number of nitro benzene ring substituents is 1. The predicted molar refractivity (Wildman–Crippen MR) is 87.1 cm³/mol. The van der Waals surface area contributed by atoms with Crippen LogP contribution in [0.25, 0.3) is 10.8 Å². The van der Waals surface area contributed by atoms with Gasteiger partial charge >= 0.3 is 0 Å². The number of hydrogen-bond donors (Lipinski definition) is 1. The molecule has 1 aromatic carbocycles. The maximum absolute atomic E-state index is 11.1. The Morgan fingerprint density at radius 2 is 2.14 bits per heavy atom. The van der Waals surface area contributed by atoms with Crippen molar-refractivity contribution in [3.63, 3.8) is 0 Å². The Labute approximate surface area is 129 Å². The predicted octanol–water partition coefficient (Wildman–Crippen LogP) is 2.90. The maximum Gasteiger partial charge on any atom is 0.278 e. The second kappa shape index (κ2) is 5.88. The van der Waals surface area contributed by atoms with E-state index < -0.39 is 0 Å². The second-order valence-electron chi connectivity index (χ2n) is 6.06. The van der Waals surface area contributed by atoms with E-state index in [4.69, 9.17) is 0 Å². The van der Waals surface area contributed by atoms with Crippen molar-refractivity contribution in [2.45, 2.75) is 18.9 Å². The van der Waals surface area contributed by atoms with E-state index in [1.165, 1.54) is 12.8 Å². The molecule has 1 fully saturated rings. The highest BCUT2D eigenvalue weighted by Crippen LogP contribution is 2.35. The number of benzene rings is 1.